The lowest BCUT2D eigenvalue weighted by atomic mass is 9.79. The minimum Gasteiger partial charge on any atom is -0.309 e. The zero-order chi connectivity index (χ0) is 38.9. The first-order chi connectivity index (χ1) is 28.3. The number of hydrogen-bond acceptors (Lipinski definition) is 1. The molecule has 0 unspecified atom stereocenters. The summed E-state index contributed by atoms with van der Waals surface area (Å²) in [4.78, 5) is 2.55. The van der Waals surface area contributed by atoms with Gasteiger partial charge in [0.25, 0.3) is 0 Å². The molecule has 0 bridgehead atoms. The predicted octanol–water partition coefficient (Wildman–Crippen LogP) is 15.2. The molecule has 0 radical (unpaired) electrons. The maximum atomic E-state index is 2.55. The first kappa shape index (κ1) is 33.3. The van der Waals surface area contributed by atoms with Crippen LogP contribution in [0.4, 0.5) is 17.1 Å². The molecule has 0 fully saturated rings. The number of aromatic nitrogens is 1. The molecular weight excluding hydrogens is 701 g/mol. The smallest absolute Gasteiger partial charge is 0.0621 e. The van der Waals surface area contributed by atoms with Gasteiger partial charge in [0.05, 0.1) is 16.7 Å². The van der Waals surface area contributed by atoms with Gasteiger partial charge in [0.1, 0.15) is 0 Å². The van der Waals surface area contributed by atoms with Gasteiger partial charge in [0.2, 0.25) is 0 Å². The lowest BCUT2D eigenvalue weighted by Crippen LogP contribution is -2.18. The molecule has 2 nitrogen and oxygen atoms in total. The molecule has 2 heteroatoms. The van der Waals surface area contributed by atoms with Crippen molar-refractivity contribution in [3.05, 3.63) is 204 Å². The highest BCUT2D eigenvalue weighted by molar-refractivity contribution is 6.13. The fraction of sp³-hybridized carbons (Fsp3) is 0.107. The minimum atomic E-state index is -0.221. The van der Waals surface area contributed by atoms with Gasteiger partial charge < -0.3 is 9.47 Å². The van der Waals surface area contributed by atoms with Crippen LogP contribution >= 0.6 is 0 Å². The van der Waals surface area contributed by atoms with Crippen molar-refractivity contribution in [2.24, 2.45) is 0 Å². The standard InChI is InChI=1S/C56H42N2/c1-55(2)47-32-39(28-30-42(47)45-34-51-46(33-48(45)55)43-25-15-16-26-50(43)58(51)38-21-9-6-10-22-38)57(37-19-7-5-8-20-37)54-41-24-14-12-18-36(41)31-49-52(54)44-29-27-35-17-11-13-23-40(35)53(44)56(49,3)4/h5-34H,1-4H3. The Hall–Kier alpha value is -6.90. The number of fused-ring (bicyclic) bond motifs is 12. The maximum absolute atomic E-state index is 2.55. The number of anilines is 3. The van der Waals surface area contributed by atoms with E-state index in [4.69, 9.17) is 0 Å². The van der Waals surface area contributed by atoms with Gasteiger partial charge in [-0.2, -0.15) is 0 Å². The Kier molecular flexibility index (Phi) is 6.78. The van der Waals surface area contributed by atoms with Crippen LogP contribution in [0.1, 0.15) is 49.9 Å². The molecule has 276 valence electrons. The average molecular weight is 743 g/mol. The number of benzene rings is 9. The van der Waals surface area contributed by atoms with Gasteiger partial charge in [-0.25, -0.2) is 0 Å². The summed E-state index contributed by atoms with van der Waals surface area (Å²) >= 11 is 0. The summed E-state index contributed by atoms with van der Waals surface area (Å²) in [7, 11) is 0. The van der Waals surface area contributed by atoms with E-state index in [1.54, 1.807) is 0 Å². The summed E-state index contributed by atoms with van der Waals surface area (Å²) < 4.78 is 2.44. The van der Waals surface area contributed by atoms with Crippen LogP contribution in [0, 0.1) is 0 Å². The number of para-hydroxylation sites is 3. The van der Waals surface area contributed by atoms with E-state index in [9.17, 15) is 0 Å². The fourth-order valence-electron chi connectivity index (χ4n) is 10.8. The van der Waals surface area contributed by atoms with E-state index in [1.165, 1.54) is 105 Å². The second-order valence-electron chi connectivity index (χ2n) is 17.3. The molecule has 0 atom stereocenters. The molecule has 2 aliphatic carbocycles. The SMILES string of the molecule is CC1(C)c2cc(N(c3ccccc3)c3c4c(cc5ccccc35)C(C)(C)c3c-4ccc4ccccc34)ccc2-c2cc3c(cc21)c1ccccc1n3-c1ccccc1. The van der Waals surface area contributed by atoms with E-state index >= 15 is 0 Å². The van der Waals surface area contributed by atoms with E-state index in [-0.39, 0.29) is 10.8 Å². The molecule has 1 heterocycles. The van der Waals surface area contributed by atoms with Crippen molar-refractivity contribution in [3.8, 4) is 27.9 Å². The molecule has 58 heavy (non-hydrogen) atoms. The summed E-state index contributed by atoms with van der Waals surface area (Å²) in [6.45, 7) is 9.66. The van der Waals surface area contributed by atoms with Crippen LogP contribution in [0.15, 0.2) is 182 Å². The normalized spacial score (nSPS) is 14.5. The van der Waals surface area contributed by atoms with Gasteiger partial charge in [-0.3, -0.25) is 0 Å². The third-order valence-corrected chi connectivity index (χ3v) is 13.5. The molecule has 2 aliphatic rings. The average Bonchev–Trinajstić information content (AvgIpc) is 3.79. The van der Waals surface area contributed by atoms with Gasteiger partial charge in [0.15, 0.2) is 0 Å². The third-order valence-electron chi connectivity index (χ3n) is 13.5. The van der Waals surface area contributed by atoms with Crippen molar-refractivity contribution in [2.75, 3.05) is 4.90 Å². The largest absolute Gasteiger partial charge is 0.309 e. The molecule has 0 N–H and O–H groups in total. The quantitative estimate of drug-likeness (QED) is 0.174. The predicted molar refractivity (Wildman–Crippen MR) is 246 cm³/mol. The highest BCUT2D eigenvalue weighted by atomic mass is 15.1. The number of hydrogen-bond donors (Lipinski definition) is 0. The van der Waals surface area contributed by atoms with E-state index in [0.29, 0.717) is 0 Å². The highest BCUT2D eigenvalue weighted by Crippen LogP contribution is 2.59. The van der Waals surface area contributed by atoms with E-state index in [1.807, 2.05) is 0 Å². The van der Waals surface area contributed by atoms with E-state index in [0.717, 1.165) is 5.69 Å². The highest BCUT2D eigenvalue weighted by Gasteiger charge is 2.41. The van der Waals surface area contributed by atoms with Gasteiger partial charge in [-0.15, -0.1) is 0 Å². The van der Waals surface area contributed by atoms with Gasteiger partial charge in [-0.1, -0.05) is 149 Å². The van der Waals surface area contributed by atoms with Crippen LogP contribution in [0.25, 0.3) is 71.3 Å². The Labute approximate surface area is 339 Å². The van der Waals surface area contributed by atoms with Crippen molar-refractivity contribution in [2.45, 2.75) is 38.5 Å². The first-order valence-electron chi connectivity index (χ1n) is 20.5. The summed E-state index contributed by atoms with van der Waals surface area (Å²) in [6.07, 6.45) is 0. The molecule has 9 aromatic carbocycles. The van der Waals surface area contributed by atoms with Crippen LogP contribution in [-0.4, -0.2) is 4.57 Å². The Morgan fingerprint density at radius 3 is 1.83 bits per heavy atom. The second kappa shape index (κ2) is 11.8. The van der Waals surface area contributed by atoms with Crippen LogP contribution in [-0.2, 0) is 10.8 Å². The van der Waals surface area contributed by atoms with Crippen molar-refractivity contribution in [3.63, 3.8) is 0 Å². The Morgan fingerprint density at radius 1 is 0.397 bits per heavy atom. The van der Waals surface area contributed by atoms with Crippen molar-refractivity contribution >= 4 is 60.4 Å². The Morgan fingerprint density at radius 2 is 1.03 bits per heavy atom. The molecule has 0 saturated heterocycles. The molecule has 0 aliphatic heterocycles. The summed E-state index contributed by atoms with van der Waals surface area (Å²) in [5.74, 6) is 0. The lowest BCUT2D eigenvalue weighted by molar-refractivity contribution is 0.661. The van der Waals surface area contributed by atoms with Crippen LogP contribution in [0.3, 0.4) is 0 Å². The molecule has 12 rings (SSSR count). The fourth-order valence-corrected chi connectivity index (χ4v) is 10.8. The van der Waals surface area contributed by atoms with Gasteiger partial charge >= 0.3 is 0 Å². The van der Waals surface area contributed by atoms with Gasteiger partial charge in [0, 0.05) is 49.6 Å². The van der Waals surface area contributed by atoms with Crippen LogP contribution in [0.5, 0.6) is 0 Å². The van der Waals surface area contributed by atoms with Crippen molar-refractivity contribution < 1.29 is 0 Å². The maximum Gasteiger partial charge on any atom is 0.0621 e. The Balaban J connectivity index is 1.12. The van der Waals surface area contributed by atoms with Crippen molar-refractivity contribution in [1.29, 1.82) is 0 Å². The first-order valence-corrected chi connectivity index (χ1v) is 20.5. The van der Waals surface area contributed by atoms with Gasteiger partial charge in [-0.05, 0) is 116 Å². The lowest BCUT2D eigenvalue weighted by Gasteiger charge is -2.31. The van der Waals surface area contributed by atoms with Crippen LogP contribution < -0.4 is 4.90 Å². The second-order valence-corrected chi connectivity index (χ2v) is 17.3. The molecule has 0 amide bonds. The van der Waals surface area contributed by atoms with Crippen molar-refractivity contribution in [1.82, 2.24) is 4.57 Å². The van der Waals surface area contributed by atoms with Crippen LogP contribution in [0.2, 0.25) is 0 Å². The van der Waals surface area contributed by atoms with E-state index < -0.39 is 0 Å². The molecule has 10 aromatic rings. The topological polar surface area (TPSA) is 8.17 Å². The number of nitrogens with zero attached hydrogens (tertiary/aromatic N) is 2. The minimum absolute atomic E-state index is 0.194. The summed E-state index contributed by atoms with van der Waals surface area (Å²) in [5, 5.41) is 7.71. The summed E-state index contributed by atoms with van der Waals surface area (Å²) in [6, 6.07) is 67.9. The third kappa shape index (κ3) is 4.43. The molecule has 1 aromatic heterocycles. The zero-order valence-electron chi connectivity index (χ0n) is 33.2. The zero-order valence-corrected chi connectivity index (χ0v) is 33.2. The molecular formula is C56H42N2. The summed E-state index contributed by atoms with van der Waals surface area (Å²) in [5.41, 5.74) is 17.6. The van der Waals surface area contributed by atoms with E-state index in [2.05, 4.69) is 219 Å². The monoisotopic (exact) mass is 742 g/mol. The number of rotatable bonds is 4. The molecule has 0 spiro atoms. The molecule has 0 saturated carbocycles. The Bertz CT molecular complexity index is 3330.